The number of hydrogen-bond acceptors (Lipinski definition) is 3. The van der Waals surface area contributed by atoms with Crippen molar-refractivity contribution in [2.45, 2.75) is 33.0 Å². The maximum absolute atomic E-state index is 13.4. The van der Waals surface area contributed by atoms with Crippen molar-refractivity contribution < 1.29 is 17.9 Å². The largest absolute Gasteiger partial charge is 0.482 e. The van der Waals surface area contributed by atoms with Crippen LogP contribution < -0.4 is 10.1 Å². The molecule has 0 bridgehead atoms. The molecule has 2 rings (SSSR count). The van der Waals surface area contributed by atoms with E-state index in [-0.39, 0.29) is 12.4 Å². The third-order valence-corrected chi connectivity index (χ3v) is 2.79. The molecule has 20 heavy (non-hydrogen) atoms. The molecule has 0 spiro atoms. The molecule has 0 aliphatic heterocycles. The summed E-state index contributed by atoms with van der Waals surface area (Å²) in [6.07, 6.45) is 1.55. The first kappa shape index (κ1) is 14.5. The molecule has 108 valence electrons. The molecule has 0 saturated heterocycles. The molecular formula is C15H17F2NO2. The normalized spacial score (nSPS) is 11.1. The van der Waals surface area contributed by atoms with Gasteiger partial charge >= 0.3 is 0 Å². The Bertz CT molecular complexity index is 567. The lowest BCUT2D eigenvalue weighted by molar-refractivity contribution is 0.255. The summed E-state index contributed by atoms with van der Waals surface area (Å²) in [4.78, 5) is 0. The minimum absolute atomic E-state index is 0.0580. The van der Waals surface area contributed by atoms with Crippen LogP contribution in [0.2, 0.25) is 0 Å². The van der Waals surface area contributed by atoms with Crippen LogP contribution in [0.3, 0.4) is 0 Å². The Balaban J connectivity index is 2.00. The molecule has 0 aliphatic carbocycles. The number of ether oxygens (including phenoxy) is 1. The first-order valence-electron chi connectivity index (χ1n) is 6.42. The average molecular weight is 281 g/mol. The van der Waals surface area contributed by atoms with E-state index in [1.807, 2.05) is 19.9 Å². The van der Waals surface area contributed by atoms with Crippen LogP contribution in [0.15, 0.2) is 34.9 Å². The Morgan fingerprint density at radius 2 is 2.05 bits per heavy atom. The van der Waals surface area contributed by atoms with Crippen molar-refractivity contribution >= 4 is 0 Å². The summed E-state index contributed by atoms with van der Waals surface area (Å²) in [5.41, 5.74) is 0.940. The molecule has 0 radical (unpaired) electrons. The van der Waals surface area contributed by atoms with Crippen LogP contribution in [-0.2, 0) is 13.2 Å². The van der Waals surface area contributed by atoms with Gasteiger partial charge in [-0.25, -0.2) is 8.78 Å². The van der Waals surface area contributed by atoms with Gasteiger partial charge in [-0.2, -0.15) is 0 Å². The number of benzene rings is 1. The van der Waals surface area contributed by atoms with Gasteiger partial charge in [0.2, 0.25) is 0 Å². The molecule has 5 heteroatoms. The molecular weight excluding hydrogens is 264 g/mol. The van der Waals surface area contributed by atoms with Crippen molar-refractivity contribution in [2.24, 2.45) is 0 Å². The van der Waals surface area contributed by atoms with Crippen LogP contribution in [0.4, 0.5) is 8.78 Å². The van der Waals surface area contributed by atoms with E-state index >= 15 is 0 Å². The molecule has 2 aromatic rings. The average Bonchev–Trinajstić information content (AvgIpc) is 2.85. The highest BCUT2D eigenvalue weighted by atomic mass is 19.1. The number of hydrogen-bond donors (Lipinski definition) is 1. The summed E-state index contributed by atoms with van der Waals surface area (Å²) < 4.78 is 37.0. The smallest absolute Gasteiger partial charge is 0.165 e. The number of nitrogens with one attached hydrogen (secondary N) is 1. The molecule has 0 fully saturated rings. The van der Waals surface area contributed by atoms with E-state index in [1.165, 1.54) is 0 Å². The maximum Gasteiger partial charge on any atom is 0.165 e. The molecule has 1 heterocycles. The highest BCUT2D eigenvalue weighted by Crippen LogP contribution is 2.20. The number of rotatable bonds is 6. The number of halogens is 2. The lowest BCUT2D eigenvalue weighted by Gasteiger charge is -2.09. The van der Waals surface area contributed by atoms with Crippen LogP contribution >= 0.6 is 0 Å². The molecule has 0 atom stereocenters. The third-order valence-electron chi connectivity index (χ3n) is 2.79. The quantitative estimate of drug-likeness (QED) is 0.878. The fraction of sp³-hybridized carbons (Fsp3) is 0.333. The van der Waals surface area contributed by atoms with E-state index in [4.69, 9.17) is 9.15 Å². The molecule has 0 unspecified atom stereocenters. The zero-order valence-corrected chi connectivity index (χ0v) is 11.5. The van der Waals surface area contributed by atoms with Crippen molar-refractivity contribution in [3.8, 4) is 5.75 Å². The van der Waals surface area contributed by atoms with Gasteiger partial charge in [0.05, 0.1) is 6.26 Å². The third kappa shape index (κ3) is 3.81. The second-order valence-corrected chi connectivity index (χ2v) is 4.77. The fourth-order valence-electron chi connectivity index (χ4n) is 1.70. The molecule has 0 saturated carbocycles. The van der Waals surface area contributed by atoms with Crippen LogP contribution in [0.1, 0.15) is 25.2 Å². The first-order valence-corrected chi connectivity index (χ1v) is 6.42. The second-order valence-electron chi connectivity index (χ2n) is 4.77. The molecule has 3 nitrogen and oxygen atoms in total. The Kier molecular flexibility index (Phi) is 4.74. The Morgan fingerprint density at radius 1 is 1.25 bits per heavy atom. The van der Waals surface area contributed by atoms with Gasteiger partial charge < -0.3 is 14.5 Å². The molecule has 0 amide bonds. The maximum atomic E-state index is 13.4. The standard InChI is InChI=1S/C15H17F2NO2/c1-10(2)18-8-11-5-6-19-15(11)9-20-14-7-12(16)3-4-13(14)17/h3-7,10,18H,8-9H2,1-2H3. The SMILES string of the molecule is CC(C)NCc1ccoc1COc1cc(F)ccc1F. The topological polar surface area (TPSA) is 34.4 Å². The van der Waals surface area contributed by atoms with Crippen molar-refractivity contribution in [3.05, 3.63) is 53.5 Å². The second kappa shape index (κ2) is 6.52. The monoisotopic (exact) mass is 281 g/mol. The van der Waals surface area contributed by atoms with E-state index < -0.39 is 11.6 Å². The predicted molar refractivity (Wildman–Crippen MR) is 71.4 cm³/mol. The molecule has 1 aromatic heterocycles. The number of furan rings is 1. The lowest BCUT2D eigenvalue weighted by Crippen LogP contribution is -2.22. The van der Waals surface area contributed by atoms with Gasteiger partial charge in [-0.3, -0.25) is 0 Å². The molecule has 0 aliphatic rings. The Morgan fingerprint density at radius 3 is 2.80 bits per heavy atom. The van der Waals surface area contributed by atoms with Crippen LogP contribution in [0.5, 0.6) is 5.75 Å². The summed E-state index contributed by atoms with van der Waals surface area (Å²) >= 11 is 0. The van der Waals surface area contributed by atoms with Gasteiger partial charge in [-0.05, 0) is 18.2 Å². The van der Waals surface area contributed by atoms with Gasteiger partial charge in [-0.1, -0.05) is 13.8 Å². The van der Waals surface area contributed by atoms with E-state index in [2.05, 4.69) is 5.32 Å². The van der Waals surface area contributed by atoms with Crippen LogP contribution in [0.25, 0.3) is 0 Å². The Hall–Kier alpha value is -1.88. The lowest BCUT2D eigenvalue weighted by atomic mass is 10.2. The van der Waals surface area contributed by atoms with Crippen molar-refractivity contribution in [3.63, 3.8) is 0 Å². The van der Waals surface area contributed by atoms with Crippen LogP contribution in [-0.4, -0.2) is 6.04 Å². The predicted octanol–water partition coefficient (Wildman–Crippen LogP) is 3.63. The zero-order valence-electron chi connectivity index (χ0n) is 11.5. The van der Waals surface area contributed by atoms with E-state index in [1.54, 1.807) is 6.26 Å². The van der Waals surface area contributed by atoms with Gasteiger partial charge in [0.15, 0.2) is 11.6 Å². The highest BCUT2D eigenvalue weighted by molar-refractivity contribution is 5.25. The van der Waals surface area contributed by atoms with Gasteiger partial charge in [0.1, 0.15) is 18.2 Å². The van der Waals surface area contributed by atoms with E-state index in [0.29, 0.717) is 18.3 Å². The van der Waals surface area contributed by atoms with Crippen molar-refractivity contribution in [1.29, 1.82) is 0 Å². The summed E-state index contributed by atoms with van der Waals surface area (Å²) in [5, 5.41) is 3.26. The minimum atomic E-state index is -0.597. The van der Waals surface area contributed by atoms with Crippen LogP contribution in [0, 0.1) is 11.6 Å². The zero-order chi connectivity index (χ0) is 14.5. The summed E-state index contributed by atoms with van der Waals surface area (Å²) in [5.74, 6) is -0.659. The Labute approximate surface area is 116 Å². The fourth-order valence-corrected chi connectivity index (χ4v) is 1.70. The van der Waals surface area contributed by atoms with Crippen molar-refractivity contribution in [2.75, 3.05) is 0 Å². The van der Waals surface area contributed by atoms with E-state index in [0.717, 1.165) is 23.8 Å². The summed E-state index contributed by atoms with van der Waals surface area (Å²) in [6.45, 7) is 4.78. The van der Waals surface area contributed by atoms with Crippen molar-refractivity contribution in [1.82, 2.24) is 5.32 Å². The first-order chi connectivity index (χ1) is 9.56. The highest BCUT2D eigenvalue weighted by Gasteiger charge is 2.10. The van der Waals surface area contributed by atoms with Gasteiger partial charge in [-0.15, -0.1) is 0 Å². The minimum Gasteiger partial charge on any atom is -0.482 e. The summed E-state index contributed by atoms with van der Waals surface area (Å²) in [7, 11) is 0. The van der Waals surface area contributed by atoms with Gasteiger partial charge in [0.25, 0.3) is 0 Å². The summed E-state index contributed by atoms with van der Waals surface area (Å²) in [6, 6.07) is 5.28. The molecule has 1 N–H and O–H groups in total. The van der Waals surface area contributed by atoms with Gasteiger partial charge in [0, 0.05) is 24.2 Å². The van der Waals surface area contributed by atoms with E-state index in [9.17, 15) is 8.78 Å². The molecule has 1 aromatic carbocycles.